The van der Waals surface area contributed by atoms with Gasteiger partial charge in [-0.15, -0.1) is 0 Å². The van der Waals surface area contributed by atoms with E-state index in [-0.39, 0.29) is 0 Å². The van der Waals surface area contributed by atoms with Gasteiger partial charge in [0.05, 0.1) is 12.4 Å². The van der Waals surface area contributed by atoms with E-state index in [1.807, 2.05) is 31.2 Å². The van der Waals surface area contributed by atoms with Crippen LogP contribution in [0, 0.1) is 0 Å². The molecule has 2 nitrogen and oxygen atoms in total. The van der Waals surface area contributed by atoms with Crippen molar-refractivity contribution in [3.05, 3.63) is 59.5 Å². The zero-order valence-corrected chi connectivity index (χ0v) is 10.1. The molecular formula is C15H18O2. The molecule has 1 heterocycles. The highest BCUT2D eigenvalue weighted by atomic mass is 16.3. The Balaban J connectivity index is 1.96. The summed E-state index contributed by atoms with van der Waals surface area (Å²) in [6.07, 6.45) is 3.67. The number of hydrogen-bond acceptors (Lipinski definition) is 2. The number of furan rings is 1. The van der Waals surface area contributed by atoms with E-state index >= 15 is 0 Å². The van der Waals surface area contributed by atoms with E-state index < -0.39 is 6.10 Å². The minimum absolute atomic E-state index is 0.427. The van der Waals surface area contributed by atoms with Gasteiger partial charge in [0, 0.05) is 12.0 Å². The summed E-state index contributed by atoms with van der Waals surface area (Å²) >= 11 is 0. The van der Waals surface area contributed by atoms with Crippen LogP contribution in [0.2, 0.25) is 0 Å². The van der Waals surface area contributed by atoms with Crippen LogP contribution in [0.25, 0.3) is 0 Å². The van der Waals surface area contributed by atoms with Gasteiger partial charge in [-0.2, -0.15) is 0 Å². The number of aliphatic hydroxyl groups is 1. The van der Waals surface area contributed by atoms with Crippen molar-refractivity contribution in [2.75, 3.05) is 0 Å². The van der Waals surface area contributed by atoms with Crippen molar-refractivity contribution in [2.45, 2.75) is 32.3 Å². The summed E-state index contributed by atoms with van der Waals surface area (Å²) in [5.74, 6) is 0.894. The number of aryl methyl sites for hydroxylation is 2. The molecule has 1 N–H and O–H groups in total. The monoisotopic (exact) mass is 230 g/mol. The Morgan fingerprint density at radius 3 is 2.65 bits per heavy atom. The highest BCUT2D eigenvalue weighted by Crippen LogP contribution is 2.24. The van der Waals surface area contributed by atoms with E-state index in [0.717, 1.165) is 30.6 Å². The molecule has 0 aliphatic heterocycles. The molecule has 1 unspecified atom stereocenters. The van der Waals surface area contributed by atoms with E-state index in [9.17, 15) is 5.11 Å². The van der Waals surface area contributed by atoms with Gasteiger partial charge in [-0.1, -0.05) is 37.3 Å². The first-order valence-electron chi connectivity index (χ1n) is 6.09. The lowest BCUT2D eigenvalue weighted by Crippen LogP contribution is -2.01. The van der Waals surface area contributed by atoms with Crippen molar-refractivity contribution < 1.29 is 9.52 Å². The predicted molar refractivity (Wildman–Crippen MR) is 67.8 cm³/mol. The van der Waals surface area contributed by atoms with Gasteiger partial charge < -0.3 is 9.52 Å². The lowest BCUT2D eigenvalue weighted by Gasteiger charge is -2.10. The molecule has 0 bridgehead atoms. The Bertz CT molecular complexity index is 445. The third kappa shape index (κ3) is 2.98. The Morgan fingerprint density at radius 2 is 1.94 bits per heavy atom. The fourth-order valence-electron chi connectivity index (χ4n) is 2.04. The molecule has 2 aromatic rings. The smallest absolute Gasteiger partial charge is 0.109 e. The van der Waals surface area contributed by atoms with Crippen LogP contribution in [0.4, 0.5) is 0 Å². The minimum Gasteiger partial charge on any atom is -0.469 e. The summed E-state index contributed by atoms with van der Waals surface area (Å²) in [4.78, 5) is 0. The van der Waals surface area contributed by atoms with Crippen LogP contribution in [-0.4, -0.2) is 5.11 Å². The second-order valence-corrected chi connectivity index (χ2v) is 4.19. The van der Waals surface area contributed by atoms with E-state index in [4.69, 9.17) is 4.42 Å². The number of rotatable bonds is 5. The van der Waals surface area contributed by atoms with Crippen molar-refractivity contribution >= 4 is 0 Å². The molecule has 0 aliphatic carbocycles. The molecule has 0 fully saturated rings. The largest absolute Gasteiger partial charge is 0.469 e. The Labute approximate surface area is 102 Å². The first-order valence-corrected chi connectivity index (χ1v) is 6.09. The fourth-order valence-corrected chi connectivity index (χ4v) is 2.04. The molecule has 2 heteroatoms. The Hall–Kier alpha value is -1.54. The van der Waals surface area contributed by atoms with Gasteiger partial charge in [-0.05, 0) is 24.5 Å². The summed E-state index contributed by atoms with van der Waals surface area (Å²) in [5, 5.41) is 10.1. The van der Waals surface area contributed by atoms with Gasteiger partial charge >= 0.3 is 0 Å². The van der Waals surface area contributed by atoms with Crippen molar-refractivity contribution in [3.63, 3.8) is 0 Å². The second-order valence-electron chi connectivity index (χ2n) is 4.19. The topological polar surface area (TPSA) is 33.4 Å². The maximum absolute atomic E-state index is 10.1. The van der Waals surface area contributed by atoms with Crippen molar-refractivity contribution in [2.24, 2.45) is 0 Å². The standard InChI is InChI=1S/C15H18O2/c1-2-15-13(10-11-17-15)14(16)9-8-12-6-4-3-5-7-12/h3-7,10-11,14,16H,2,8-9H2,1H3. The molecule has 17 heavy (non-hydrogen) atoms. The highest BCUT2D eigenvalue weighted by molar-refractivity contribution is 5.21. The number of benzene rings is 1. The Morgan fingerprint density at radius 1 is 1.18 bits per heavy atom. The van der Waals surface area contributed by atoms with Crippen LogP contribution in [0.1, 0.15) is 36.3 Å². The number of hydrogen-bond donors (Lipinski definition) is 1. The summed E-state index contributed by atoms with van der Waals surface area (Å²) < 4.78 is 5.33. The molecular weight excluding hydrogens is 212 g/mol. The molecule has 1 atom stereocenters. The molecule has 1 aromatic heterocycles. The lowest BCUT2D eigenvalue weighted by molar-refractivity contribution is 0.165. The Kier molecular flexibility index (Phi) is 3.99. The van der Waals surface area contributed by atoms with Gasteiger partial charge in [0.25, 0.3) is 0 Å². The first kappa shape index (κ1) is 11.9. The van der Waals surface area contributed by atoms with Crippen molar-refractivity contribution in [1.29, 1.82) is 0 Å². The molecule has 2 rings (SSSR count). The van der Waals surface area contributed by atoms with Crippen molar-refractivity contribution in [3.8, 4) is 0 Å². The molecule has 90 valence electrons. The van der Waals surface area contributed by atoms with Gasteiger partial charge in [-0.3, -0.25) is 0 Å². The van der Waals surface area contributed by atoms with E-state index in [0.29, 0.717) is 0 Å². The lowest BCUT2D eigenvalue weighted by atomic mass is 10.0. The average Bonchev–Trinajstić information content (AvgIpc) is 2.85. The second kappa shape index (κ2) is 5.69. The molecule has 0 radical (unpaired) electrons. The van der Waals surface area contributed by atoms with Gasteiger partial charge in [-0.25, -0.2) is 0 Å². The normalized spacial score (nSPS) is 12.6. The summed E-state index contributed by atoms with van der Waals surface area (Å²) in [6, 6.07) is 12.1. The third-order valence-electron chi connectivity index (χ3n) is 3.01. The molecule has 0 saturated heterocycles. The zero-order valence-electron chi connectivity index (χ0n) is 10.1. The summed E-state index contributed by atoms with van der Waals surface area (Å²) in [5.41, 5.74) is 2.19. The van der Waals surface area contributed by atoms with Gasteiger partial charge in [0.1, 0.15) is 5.76 Å². The van der Waals surface area contributed by atoms with Crippen LogP contribution in [-0.2, 0) is 12.8 Å². The SMILES string of the molecule is CCc1occc1C(O)CCc1ccccc1. The molecule has 1 aromatic carbocycles. The molecule has 0 saturated carbocycles. The number of aliphatic hydroxyl groups excluding tert-OH is 1. The van der Waals surface area contributed by atoms with Gasteiger partial charge in [0.15, 0.2) is 0 Å². The molecule has 0 spiro atoms. The predicted octanol–water partition coefficient (Wildman–Crippen LogP) is 3.51. The van der Waals surface area contributed by atoms with Crippen LogP contribution in [0.3, 0.4) is 0 Å². The van der Waals surface area contributed by atoms with Crippen molar-refractivity contribution in [1.82, 2.24) is 0 Å². The molecule has 0 aliphatic rings. The summed E-state index contributed by atoms with van der Waals surface area (Å²) in [6.45, 7) is 2.03. The van der Waals surface area contributed by atoms with Crippen LogP contribution in [0.5, 0.6) is 0 Å². The maximum Gasteiger partial charge on any atom is 0.109 e. The summed E-state index contributed by atoms with van der Waals surface area (Å²) in [7, 11) is 0. The zero-order chi connectivity index (χ0) is 12.1. The fraction of sp³-hybridized carbons (Fsp3) is 0.333. The molecule has 0 amide bonds. The first-order chi connectivity index (χ1) is 8.31. The third-order valence-corrected chi connectivity index (χ3v) is 3.01. The average molecular weight is 230 g/mol. The van der Waals surface area contributed by atoms with E-state index in [2.05, 4.69) is 12.1 Å². The minimum atomic E-state index is -0.427. The van der Waals surface area contributed by atoms with Crippen LogP contribution >= 0.6 is 0 Å². The van der Waals surface area contributed by atoms with Crippen LogP contribution in [0.15, 0.2) is 47.1 Å². The van der Waals surface area contributed by atoms with Crippen LogP contribution < -0.4 is 0 Å². The quantitative estimate of drug-likeness (QED) is 0.852. The van der Waals surface area contributed by atoms with Gasteiger partial charge in [0.2, 0.25) is 0 Å². The van der Waals surface area contributed by atoms with E-state index in [1.165, 1.54) is 5.56 Å². The highest BCUT2D eigenvalue weighted by Gasteiger charge is 2.13. The van der Waals surface area contributed by atoms with E-state index in [1.54, 1.807) is 6.26 Å². The maximum atomic E-state index is 10.1.